The van der Waals surface area contributed by atoms with Crippen molar-refractivity contribution in [3.8, 4) is 22.3 Å². The van der Waals surface area contributed by atoms with Crippen molar-refractivity contribution in [2.24, 2.45) is 0 Å². The summed E-state index contributed by atoms with van der Waals surface area (Å²) in [6.07, 6.45) is 0. The number of hydrogen-bond acceptors (Lipinski definition) is 2. The number of anilines is 3. The summed E-state index contributed by atoms with van der Waals surface area (Å²) >= 11 is 0. The van der Waals surface area contributed by atoms with Crippen LogP contribution in [0, 0.1) is 0 Å². The molecule has 0 aliphatic carbocycles. The Labute approximate surface area is 312 Å². The van der Waals surface area contributed by atoms with E-state index in [1.54, 1.807) is 0 Å². The van der Waals surface area contributed by atoms with E-state index in [2.05, 4.69) is 205 Å². The van der Waals surface area contributed by atoms with Gasteiger partial charge in [0.25, 0.3) is 0 Å². The second-order valence-electron chi connectivity index (χ2n) is 14.1. The van der Waals surface area contributed by atoms with Gasteiger partial charge in [-0.05, 0) is 114 Å². The zero-order valence-corrected chi connectivity index (χ0v) is 29.4. The van der Waals surface area contributed by atoms with E-state index in [9.17, 15) is 0 Å². The van der Waals surface area contributed by atoms with Crippen LogP contribution in [0.25, 0.3) is 87.3 Å². The van der Waals surface area contributed by atoms with Crippen molar-refractivity contribution in [2.75, 3.05) is 4.90 Å². The molecule has 0 bridgehead atoms. The van der Waals surface area contributed by atoms with E-state index >= 15 is 0 Å². The van der Waals surface area contributed by atoms with Crippen molar-refractivity contribution in [1.82, 2.24) is 0 Å². The number of nitrogens with zero attached hydrogens (tertiary/aromatic N) is 1. The monoisotopic (exact) mass is 687 g/mol. The van der Waals surface area contributed by atoms with Crippen molar-refractivity contribution in [3.05, 3.63) is 200 Å². The van der Waals surface area contributed by atoms with E-state index in [0.29, 0.717) is 0 Å². The zero-order chi connectivity index (χ0) is 35.6. The third-order valence-electron chi connectivity index (χ3n) is 11.0. The molecule has 0 aliphatic rings. The van der Waals surface area contributed by atoms with Crippen molar-refractivity contribution in [1.29, 1.82) is 0 Å². The third kappa shape index (κ3) is 4.88. The van der Waals surface area contributed by atoms with E-state index in [-0.39, 0.29) is 0 Å². The first-order chi connectivity index (χ1) is 26.8. The fourth-order valence-corrected chi connectivity index (χ4v) is 8.41. The average molecular weight is 688 g/mol. The van der Waals surface area contributed by atoms with Gasteiger partial charge in [0, 0.05) is 22.1 Å². The molecule has 54 heavy (non-hydrogen) atoms. The first-order valence-corrected chi connectivity index (χ1v) is 18.5. The summed E-state index contributed by atoms with van der Waals surface area (Å²) in [4.78, 5) is 2.35. The van der Waals surface area contributed by atoms with Crippen LogP contribution < -0.4 is 4.90 Å². The Bertz CT molecular complexity index is 3210. The lowest BCUT2D eigenvalue weighted by molar-refractivity contribution is 0.669. The molecule has 10 aromatic carbocycles. The van der Waals surface area contributed by atoms with Crippen LogP contribution in [0.5, 0.6) is 0 Å². The van der Waals surface area contributed by atoms with Gasteiger partial charge in [-0.25, -0.2) is 0 Å². The smallest absolute Gasteiger partial charge is 0.159 e. The number of fused-ring (bicyclic) bond motifs is 9. The quantitative estimate of drug-likeness (QED) is 0.168. The van der Waals surface area contributed by atoms with Crippen LogP contribution in [-0.2, 0) is 0 Å². The first-order valence-electron chi connectivity index (χ1n) is 18.5. The number of rotatable bonds is 5. The maximum atomic E-state index is 6.87. The van der Waals surface area contributed by atoms with E-state index in [4.69, 9.17) is 4.42 Å². The molecule has 252 valence electrons. The van der Waals surface area contributed by atoms with Crippen LogP contribution in [0.3, 0.4) is 0 Å². The molecule has 0 unspecified atom stereocenters. The summed E-state index contributed by atoms with van der Waals surface area (Å²) in [7, 11) is 0. The number of benzene rings is 10. The van der Waals surface area contributed by atoms with Gasteiger partial charge in [0.05, 0.1) is 5.69 Å². The molecule has 0 amide bonds. The summed E-state index contributed by atoms with van der Waals surface area (Å²) in [6, 6.07) is 72.2. The van der Waals surface area contributed by atoms with Crippen LogP contribution >= 0.6 is 0 Å². The fraction of sp³-hybridized carbons (Fsp3) is 0. The Kier molecular flexibility index (Phi) is 6.90. The molecule has 11 aromatic rings. The highest BCUT2D eigenvalue weighted by Gasteiger charge is 2.21. The topological polar surface area (TPSA) is 16.4 Å². The highest BCUT2D eigenvalue weighted by atomic mass is 16.3. The number of para-hydroxylation sites is 1. The van der Waals surface area contributed by atoms with E-state index in [0.717, 1.165) is 44.6 Å². The standard InChI is InChI=1S/C52H33NO/c1-2-11-34(12-3-1)38-26-30-46-47-19-10-20-50(52(47)54-51(46)32-38)53(41-29-25-36-22-21-35-13-4-6-15-42(35)49(36)33-41)40-27-23-37(24-28-40)48-31-39-14-5-7-16-43(39)44-17-8-9-18-45(44)48/h1-33H. The van der Waals surface area contributed by atoms with Gasteiger partial charge >= 0.3 is 0 Å². The minimum absolute atomic E-state index is 0.861. The summed E-state index contributed by atoms with van der Waals surface area (Å²) in [5.74, 6) is 0. The second kappa shape index (κ2) is 12.2. The Morgan fingerprint density at radius 2 is 0.926 bits per heavy atom. The van der Waals surface area contributed by atoms with Gasteiger partial charge in [0.1, 0.15) is 5.58 Å². The van der Waals surface area contributed by atoms with Gasteiger partial charge in [-0.1, -0.05) is 152 Å². The third-order valence-corrected chi connectivity index (χ3v) is 11.0. The molecular formula is C52H33NO. The van der Waals surface area contributed by atoms with Crippen LogP contribution in [0.4, 0.5) is 17.1 Å². The van der Waals surface area contributed by atoms with Crippen molar-refractivity contribution < 1.29 is 4.42 Å². The molecule has 2 nitrogen and oxygen atoms in total. The number of hydrogen-bond donors (Lipinski definition) is 0. The summed E-state index contributed by atoms with van der Waals surface area (Å²) in [5.41, 5.74) is 9.58. The van der Waals surface area contributed by atoms with Crippen LogP contribution in [0.15, 0.2) is 205 Å². The van der Waals surface area contributed by atoms with E-state index in [1.165, 1.54) is 59.8 Å². The van der Waals surface area contributed by atoms with Gasteiger partial charge in [-0.2, -0.15) is 0 Å². The van der Waals surface area contributed by atoms with Gasteiger partial charge in [0.15, 0.2) is 5.58 Å². The maximum Gasteiger partial charge on any atom is 0.159 e. The minimum atomic E-state index is 0.861. The van der Waals surface area contributed by atoms with Crippen molar-refractivity contribution >= 4 is 82.1 Å². The first kappa shape index (κ1) is 30.5. The van der Waals surface area contributed by atoms with E-state index in [1.807, 2.05) is 0 Å². The Balaban J connectivity index is 1.12. The second-order valence-corrected chi connectivity index (χ2v) is 14.1. The molecule has 1 aromatic heterocycles. The molecule has 1 heterocycles. The highest BCUT2D eigenvalue weighted by molar-refractivity contribution is 6.15. The normalized spacial score (nSPS) is 11.7. The molecule has 0 N–H and O–H groups in total. The van der Waals surface area contributed by atoms with Crippen LogP contribution in [0.2, 0.25) is 0 Å². The largest absolute Gasteiger partial charge is 0.454 e. The fourth-order valence-electron chi connectivity index (χ4n) is 8.41. The maximum absolute atomic E-state index is 6.87. The Hall–Kier alpha value is -7.16. The molecule has 0 spiro atoms. The minimum Gasteiger partial charge on any atom is -0.454 e. The molecule has 11 rings (SSSR count). The Morgan fingerprint density at radius 1 is 0.315 bits per heavy atom. The van der Waals surface area contributed by atoms with Gasteiger partial charge in [-0.3, -0.25) is 0 Å². The molecule has 0 fully saturated rings. The summed E-state index contributed by atoms with van der Waals surface area (Å²) in [5, 5.41) is 12.2. The molecule has 0 saturated carbocycles. The zero-order valence-electron chi connectivity index (χ0n) is 29.4. The van der Waals surface area contributed by atoms with Gasteiger partial charge in [-0.15, -0.1) is 0 Å². The molecule has 0 atom stereocenters. The molecule has 0 saturated heterocycles. The predicted molar refractivity (Wildman–Crippen MR) is 229 cm³/mol. The van der Waals surface area contributed by atoms with Crippen molar-refractivity contribution in [2.45, 2.75) is 0 Å². The van der Waals surface area contributed by atoms with Gasteiger partial charge in [0.2, 0.25) is 0 Å². The van der Waals surface area contributed by atoms with Crippen molar-refractivity contribution in [3.63, 3.8) is 0 Å². The average Bonchev–Trinajstić information content (AvgIpc) is 3.63. The van der Waals surface area contributed by atoms with E-state index < -0.39 is 0 Å². The molecule has 0 radical (unpaired) electrons. The summed E-state index contributed by atoms with van der Waals surface area (Å²) in [6.45, 7) is 0. The van der Waals surface area contributed by atoms with Gasteiger partial charge < -0.3 is 9.32 Å². The Morgan fingerprint density at radius 3 is 1.74 bits per heavy atom. The molecule has 2 heteroatoms. The lowest BCUT2D eigenvalue weighted by Crippen LogP contribution is -2.10. The molecule has 0 aliphatic heterocycles. The number of furan rings is 1. The molecular weight excluding hydrogens is 655 g/mol. The highest BCUT2D eigenvalue weighted by Crippen LogP contribution is 2.45. The summed E-state index contributed by atoms with van der Waals surface area (Å²) < 4.78 is 6.87. The predicted octanol–water partition coefficient (Wildman–Crippen LogP) is 15.0. The lowest BCUT2D eigenvalue weighted by Gasteiger charge is -2.26. The lowest BCUT2D eigenvalue weighted by atomic mass is 9.93. The SMILES string of the molecule is c1ccc(-c2ccc3c(c2)oc2c(N(c4ccc(-c5cc6ccccc6c6ccccc56)cc4)c4ccc5ccc6ccccc6c5c4)cccc23)cc1. The van der Waals surface area contributed by atoms with Crippen LogP contribution in [-0.4, -0.2) is 0 Å². The van der Waals surface area contributed by atoms with Crippen LogP contribution in [0.1, 0.15) is 0 Å².